The van der Waals surface area contributed by atoms with E-state index in [9.17, 15) is 40.2 Å². The van der Waals surface area contributed by atoms with Crippen LogP contribution in [0.15, 0.2) is 36.4 Å². The van der Waals surface area contributed by atoms with Gasteiger partial charge in [-0.15, -0.1) is 0 Å². The number of phenolic OH excluding ortho intramolecular Hbond substituents is 1. The summed E-state index contributed by atoms with van der Waals surface area (Å²) in [5.41, 5.74) is 0. The summed E-state index contributed by atoms with van der Waals surface area (Å²) < 4.78 is 105. The molecule has 0 amide bonds. The Kier molecular flexibility index (Phi) is 4.28. The van der Waals surface area contributed by atoms with E-state index in [0.29, 0.717) is 5.39 Å². The number of phenols is 1. The third-order valence-corrected chi connectivity index (χ3v) is 3.09. The highest BCUT2D eigenvalue weighted by molar-refractivity contribution is 5.85. The number of halogens is 8. The highest BCUT2D eigenvalue weighted by Gasteiger charge is 2.77. The maximum Gasteiger partial charge on any atom is 0.460 e. The molecule has 0 spiro atoms. The van der Waals surface area contributed by atoms with Gasteiger partial charge in [0, 0.05) is 0 Å². The second-order valence-electron chi connectivity index (χ2n) is 4.82. The van der Waals surface area contributed by atoms with E-state index >= 15 is 0 Å². The van der Waals surface area contributed by atoms with Gasteiger partial charge in [0.1, 0.15) is 11.5 Å². The van der Waals surface area contributed by atoms with Gasteiger partial charge in [-0.1, -0.05) is 12.1 Å². The van der Waals surface area contributed by atoms with Gasteiger partial charge in [0.25, 0.3) is 0 Å². The van der Waals surface area contributed by atoms with Gasteiger partial charge in [-0.05, 0) is 35.0 Å². The van der Waals surface area contributed by atoms with E-state index in [0.717, 1.165) is 12.1 Å². The Morgan fingerprint density at radius 3 is 1.96 bits per heavy atom. The average molecular weight is 360 g/mol. The van der Waals surface area contributed by atoms with Crippen molar-refractivity contribution in [1.29, 1.82) is 0 Å². The fraction of sp³-hybridized carbons (Fsp3) is 0.286. The van der Waals surface area contributed by atoms with Crippen molar-refractivity contribution in [3.63, 3.8) is 0 Å². The van der Waals surface area contributed by atoms with Crippen molar-refractivity contribution in [2.24, 2.45) is 0 Å². The number of ether oxygens (including phenoxy) is 1. The van der Waals surface area contributed by atoms with E-state index in [4.69, 9.17) is 0 Å². The molecule has 1 N–H and O–H groups in total. The van der Waals surface area contributed by atoms with Crippen LogP contribution in [-0.4, -0.2) is 29.5 Å². The highest BCUT2D eigenvalue weighted by Crippen LogP contribution is 2.49. The van der Waals surface area contributed by atoms with Crippen molar-refractivity contribution < 1.29 is 45.0 Å². The molecule has 0 heterocycles. The monoisotopic (exact) mass is 360 g/mol. The molecule has 10 heteroatoms. The quantitative estimate of drug-likeness (QED) is 0.773. The summed E-state index contributed by atoms with van der Waals surface area (Å²) in [6, 6.07) is 6.76. The molecule has 24 heavy (non-hydrogen) atoms. The van der Waals surface area contributed by atoms with Crippen LogP contribution in [0.25, 0.3) is 10.8 Å². The molecular weight excluding hydrogens is 352 g/mol. The zero-order chi connectivity index (χ0) is 18.3. The Balaban J connectivity index is 2.28. The number of benzene rings is 2. The standard InChI is InChI=1S/C14H8F8O2/c15-11(12(16,17)13(18,19)14(20,21)22)24-10-4-2-7-5-9(23)3-1-8(7)6-10/h1-6,11,23H. The molecular formula is C14H8F8O2. The Morgan fingerprint density at radius 2 is 1.38 bits per heavy atom. The molecule has 2 aromatic carbocycles. The van der Waals surface area contributed by atoms with Crippen LogP contribution < -0.4 is 4.74 Å². The molecule has 0 aromatic heterocycles. The summed E-state index contributed by atoms with van der Waals surface area (Å²) in [6.07, 6.45) is -10.9. The van der Waals surface area contributed by atoms with Crippen LogP contribution in [-0.2, 0) is 0 Å². The summed E-state index contributed by atoms with van der Waals surface area (Å²) in [5, 5.41) is 9.87. The first kappa shape index (κ1) is 18.1. The van der Waals surface area contributed by atoms with Crippen LogP contribution >= 0.6 is 0 Å². The molecule has 0 saturated carbocycles. The number of alkyl halides is 8. The average Bonchev–Trinajstić information content (AvgIpc) is 2.46. The maximum absolute atomic E-state index is 13.4. The van der Waals surface area contributed by atoms with E-state index in [1.807, 2.05) is 0 Å². The molecule has 0 bridgehead atoms. The van der Waals surface area contributed by atoms with Crippen LogP contribution in [0.3, 0.4) is 0 Å². The summed E-state index contributed by atoms with van der Waals surface area (Å²) in [7, 11) is 0. The molecule has 1 atom stereocenters. The van der Waals surface area contributed by atoms with Gasteiger partial charge >= 0.3 is 24.4 Å². The number of hydrogen-bond acceptors (Lipinski definition) is 2. The minimum atomic E-state index is -6.65. The third-order valence-electron chi connectivity index (χ3n) is 3.09. The molecule has 132 valence electrons. The largest absolute Gasteiger partial charge is 0.508 e. The smallest absolute Gasteiger partial charge is 0.460 e. The van der Waals surface area contributed by atoms with E-state index in [1.165, 1.54) is 24.3 Å². The lowest BCUT2D eigenvalue weighted by molar-refractivity contribution is -0.379. The van der Waals surface area contributed by atoms with Crippen molar-refractivity contribution >= 4 is 10.8 Å². The van der Waals surface area contributed by atoms with Crippen molar-refractivity contribution in [2.45, 2.75) is 24.4 Å². The number of fused-ring (bicyclic) bond motifs is 1. The molecule has 0 aliphatic carbocycles. The lowest BCUT2D eigenvalue weighted by Crippen LogP contribution is -2.58. The van der Waals surface area contributed by atoms with Crippen molar-refractivity contribution in [3.05, 3.63) is 36.4 Å². The summed E-state index contributed by atoms with van der Waals surface area (Å²) in [5.74, 6) is -13.5. The van der Waals surface area contributed by atoms with Crippen LogP contribution in [0, 0.1) is 0 Å². The van der Waals surface area contributed by atoms with Gasteiger partial charge in [-0.3, -0.25) is 0 Å². The minimum absolute atomic E-state index is 0.129. The molecule has 0 fully saturated rings. The van der Waals surface area contributed by atoms with E-state index < -0.39 is 30.1 Å². The van der Waals surface area contributed by atoms with Crippen molar-refractivity contribution in [2.75, 3.05) is 0 Å². The van der Waals surface area contributed by atoms with Gasteiger partial charge in [-0.25, -0.2) is 0 Å². The number of hydrogen-bond donors (Lipinski definition) is 1. The number of rotatable bonds is 4. The molecule has 0 aliphatic rings. The van der Waals surface area contributed by atoms with Gasteiger partial charge < -0.3 is 9.84 Å². The fourth-order valence-corrected chi connectivity index (χ4v) is 1.81. The molecule has 1 unspecified atom stereocenters. The predicted octanol–water partition coefficient (Wildman–Crippen LogP) is 5.05. The Morgan fingerprint density at radius 1 is 0.833 bits per heavy atom. The second-order valence-corrected chi connectivity index (χ2v) is 4.82. The Bertz CT molecular complexity index is 741. The lowest BCUT2D eigenvalue weighted by Gasteiger charge is -2.30. The number of aromatic hydroxyl groups is 1. The molecule has 2 rings (SSSR count). The van der Waals surface area contributed by atoms with Gasteiger partial charge in [0.2, 0.25) is 0 Å². The Labute approximate surface area is 129 Å². The minimum Gasteiger partial charge on any atom is -0.508 e. The van der Waals surface area contributed by atoms with Crippen LogP contribution in [0.4, 0.5) is 35.1 Å². The Hall–Kier alpha value is -2.26. The topological polar surface area (TPSA) is 29.5 Å². The molecule has 0 saturated heterocycles. The van der Waals surface area contributed by atoms with Crippen molar-refractivity contribution in [3.8, 4) is 11.5 Å². The SMILES string of the molecule is Oc1ccc2cc(OC(F)C(F)(F)C(F)(F)C(F)(F)F)ccc2c1. The summed E-state index contributed by atoms with van der Waals surface area (Å²) >= 11 is 0. The fourth-order valence-electron chi connectivity index (χ4n) is 1.81. The zero-order valence-corrected chi connectivity index (χ0v) is 11.4. The predicted molar refractivity (Wildman–Crippen MR) is 67.1 cm³/mol. The molecule has 2 aromatic rings. The van der Waals surface area contributed by atoms with Crippen LogP contribution in [0.1, 0.15) is 0 Å². The molecule has 2 nitrogen and oxygen atoms in total. The van der Waals surface area contributed by atoms with Gasteiger partial charge in [0.15, 0.2) is 0 Å². The maximum atomic E-state index is 13.4. The summed E-state index contributed by atoms with van der Waals surface area (Å²) in [4.78, 5) is 0. The van der Waals surface area contributed by atoms with Crippen molar-refractivity contribution in [1.82, 2.24) is 0 Å². The van der Waals surface area contributed by atoms with E-state index in [1.54, 1.807) is 0 Å². The second kappa shape index (κ2) is 5.67. The first-order valence-corrected chi connectivity index (χ1v) is 6.22. The normalized spacial score (nSPS) is 14.7. The molecule has 0 aliphatic heterocycles. The van der Waals surface area contributed by atoms with Crippen LogP contribution in [0.2, 0.25) is 0 Å². The third kappa shape index (κ3) is 3.04. The zero-order valence-electron chi connectivity index (χ0n) is 11.4. The molecule has 0 radical (unpaired) electrons. The lowest BCUT2D eigenvalue weighted by atomic mass is 10.1. The highest BCUT2D eigenvalue weighted by atomic mass is 19.4. The van der Waals surface area contributed by atoms with E-state index in [-0.39, 0.29) is 11.1 Å². The summed E-state index contributed by atoms with van der Waals surface area (Å²) in [6.45, 7) is 0. The first-order chi connectivity index (χ1) is 10.9. The first-order valence-electron chi connectivity index (χ1n) is 6.22. The van der Waals surface area contributed by atoms with Crippen LogP contribution in [0.5, 0.6) is 11.5 Å². The van der Waals surface area contributed by atoms with Gasteiger partial charge in [0.05, 0.1) is 0 Å². The van der Waals surface area contributed by atoms with E-state index in [2.05, 4.69) is 4.74 Å². The van der Waals surface area contributed by atoms with Gasteiger partial charge in [-0.2, -0.15) is 35.1 Å².